The van der Waals surface area contributed by atoms with E-state index in [1.807, 2.05) is 30.3 Å². The van der Waals surface area contributed by atoms with Crippen molar-refractivity contribution in [3.63, 3.8) is 0 Å². The summed E-state index contributed by atoms with van der Waals surface area (Å²) in [4.78, 5) is 4.61. The summed E-state index contributed by atoms with van der Waals surface area (Å²) in [5.41, 5.74) is 3.40. The molecule has 1 N–H and O–H groups in total. The first-order valence-corrected chi connectivity index (χ1v) is 13.0. The minimum Gasteiger partial charge on any atom is -0.506 e. The molecule has 0 amide bonds. The van der Waals surface area contributed by atoms with Crippen LogP contribution in [0.2, 0.25) is 10.0 Å². The first-order chi connectivity index (χ1) is 18.2. The molecule has 0 aliphatic rings. The summed E-state index contributed by atoms with van der Waals surface area (Å²) < 4.78 is 5.69. The van der Waals surface area contributed by atoms with Crippen LogP contribution in [0.3, 0.4) is 0 Å². The van der Waals surface area contributed by atoms with Crippen LogP contribution in [0.5, 0.6) is 5.75 Å². The fourth-order valence-corrected chi connectivity index (χ4v) is 5.44. The molecule has 188 valence electrons. The van der Waals surface area contributed by atoms with Crippen molar-refractivity contribution in [2.24, 2.45) is 0 Å². The van der Waals surface area contributed by atoms with Crippen molar-refractivity contribution in [1.82, 2.24) is 10.1 Å². The molecule has 0 aliphatic carbocycles. The van der Waals surface area contributed by atoms with Gasteiger partial charge < -0.3 is 9.63 Å². The SMILES string of the molecule is CC(C)(C)c1cc(-c2nc(-c3c(Cl)cccc3Cl)no2)c(O)c(-c2c3ccccc3cc3ccccc23)c1. The number of aromatic hydroxyl groups is 1. The summed E-state index contributed by atoms with van der Waals surface area (Å²) in [5.74, 6) is 0.513. The van der Waals surface area contributed by atoms with Crippen molar-refractivity contribution in [3.8, 4) is 39.7 Å². The highest BCUT2D eigenvalue weighted by Gasteiger charge is 2.25. The van der Waals surface area contributed by atoms with Crippen LogP contribution in [0.4, 0.5) is 0 Å². The maximum absolute atomic E-state index is 11.8. The zero-order valence-corrected chi connectivity index (χ0v) is 22.6. The summed E-state index contributed by atoms with van der Waals surface area (Å²) in [5, 5.41) is 21.1. The normalized spacial score (nSPS) is 11.9. The predicted octanol–water partition coefficient (Wildman–Crippen LogP) is 9.69. The van der Waals surface area contributed by atoms with E-state index in [9.17, 15) is 5.11 Å². The number of hydrogen-bond donors (Lipinski definition) is 1. The first kappa shape index (κ1) is 24.5. The van der Waals surface area contributed by atoms with Gasteiger partial charge in [-0.3, -0.25) is 0 Å². The molecule has 5 aromatic carbocycles. The number of fused-ring (bicyclic) bond motifs is 2. The predicted molar refractivity (Wildman–Crippen MR) is 156 cm³/mol. The smallest absolute Gasteiger partial charge is 0.262 e. The van der Waals surface area contributed by atoms with Crippen molar-refractivity contribution >= 4 is 44.7 Å². The maximum Gasteiger partial charge on any atom is 0.262 e. The van der Waals surface area contributed by atoms with E-state index in [2.05, 4.69) is 67.3 Å². The Bertz CT molecular complexity index is 1780. The monoisotopic (exact) mass is 538 g/mol. The molecule has 0 radical (unpaired) electrons. The quantitative estimate of drug-likeness (QED) is 0.228. The number of aromatic nitrogens is 2. The molecule has 6 aromatic rings. The number of hydrogen-bond acceptors (Lipinski definition) is 4. The van der Waals surface area contributed by atoms with E-state index in [0.717, 1.165) is 32.7 Å². The van der Waals surface area contributed by atoms with Gasteiger partial charge in [0.15, 0.2) is 0 Å². The second kappa shape index (κ2) is 9.16. The lowest BCUT2D eigenvalue weighted by Crippen LogP contribution is -2.11. The van der Waals surface area contributed by atoms with Crippen LogP contribution in [0.15, 0.2) is 89.5 Å². The van der Waals surface area contributed by atoms with Gasteiger partial charge in [0.25, 0.3) is 5.89 Å². The molecule has 0 fully saturated rings. The Balaban J connectivity index is 1.65. The van der Waals surface area contributed by atoms with Crippen LogP contribution in [0.25, 0.3) is 55.5 Å². The fourth-order valence-electron chi connectivity index (χ4n) is 4.87. The van der Waals surface area contributed by atoms with E-state index >= 15 is 0 Å². The highest BCUT2D eigenvalue weighted by molar-refractivity contribution is 6.39. The molecule has 0 unspecified atom stereocenters. The lowest BCUT2D eigenvalue weighted by Gasteiger charge is -2.23. The van der Waals surface area contributed by atoms with Gasteiger partial charge in [0, 0.05) is 11.1 Å². The van der Waals surface area contributed by atoms with E-state index in [4.69, 9.17) is 27.7 Å². The topological polar surface area (TPSA) is 59.2 Å². The van der Waals surface area contributed by atoms with E-state index in [1.54, 1.807) is 18.2 Å². The number of halogens is 2. The van der Waals surface area contributed by atoms with Crippen molar-refractivity contribution in [3.05, 3.63) is 101 Å². The summed E-state index contributed by atoms with van der Waals surface area (Å²) in [6.07, 6.45) is 0. The third kappa shape index (κ3) is 4.10. The molecule has 0 saturated carbocycles. The Morgan fingerprint density at radius 3 is 1.89 bits per heavy atom. The third-order valence-electron chi connectivity index (χ3n) is 6.86. The number of nitrogens with zero attached hydrogens (tertiary/aromatic N) is 2. The summed E-state index contributed by atoms with van der Waals surface area (Å²) in [6.45, 7) is 6.41. The van der Waals surface area contributed by atoms with Gasteiger partial charge in [0.1, 0.15) is 5.75 Å². The highest BCUT2D eigenvalue weighted by Crippen LogP contribution is 2.46. The Hall–Kier alpha value is -3.86. The molecule has 1 heterocycles. The zero-order valence-electron chi connectivity index (χ0n) is 21.1. The molecule has 6 rings (SSSR count). The molecule has 0 aliphatic heterocycles. The molecule has 38 heavy (non-hydrogen) atoms. The largest absolute Gasteiger partial charge is 0.506 e. The van der Waals surface area contributed by atoms with E-state index in [0.29, 0.717) is 26.7 Å². The van der Waals surface area contributed by atoms with Gasteiger partial charge in [-0.05, 0) is 62.9 Å². The molecule has 6 heteroatoms. The van der Waals surface area contributed by atoms with Gasteiger partial charge >= 0.3 is 0 Å². The lowest BCUT2D eigenvalue weighted by atomic mass is 9.82. The Kier molecular flexibility index (Phi) is 5.90. The molecular weight excluding hydrogens is 515 g/mol. The molecule has 1 aromatic heterocycles. The van der Waals surface area contributed by atoms with Gasteiger partial charge in [0.2, 0.25) is 5.82 Å². The van der Waals surface area contributed by atoms with Crippen molar-refractivity contribution in [2.45, 2.75) is 26.2 Å². The van der Waals surface area contributed by atoms with E-state index in [-0.39, 0.29) is 22.9 Å². The standard InChI is InChI=1S/C32H24Cl2N2O2/c1-32(2,3)20-16-23(27-21-11-6-4-9-18(21)15-19-10-5-7-12-22(19)27)29(37)24(17-20)31-35-30(36-38-31)28-25(33)13-8-14-26(28)34/h4-17,37H,1-3H3. The highest BCUT2D eigenvalue weighted by atomic mass is 35.5. The van der Waals surface area contributed by atoms with Gasteiger partial charge in [-0.1, -0.05) is 104 Å². The zero-order chi connectivity index (χ0) is 26.6. The van der Waals surface area contributed by atoms with Crippen LogP contribution in [-0.4, -0.2) is 15.2 Å². The maximum atomic E-state index is 11.8. The third-order valence-corrected chi connectivity index (χ3v) is 7.49. The van der Waals surface area contributed by atoms with Crippen LogP contribution in [0.1, 0.15) is 26.3 Å². The second-order valence-corrected chi connectivity index (χ2v) is 11.2. The van der Waals surface area contributed by atoms with Crippen LogP contribution in [-0.2, 0) is 5.41 Å². The second-order valence-electron chi connectivity index (χ2n) is 10.4. The molecular formula is C32H24Cl2N2O2. The van der Waals surface area contributed by atoms with Gasteiger partial charge in [-0.2, -0.15) is 4.98 Å². The fraction of sp³-hybridized carbons (Fsp3) is 0.125. The average Bonchev–Trinajstić information content (AvgIpc) is 3.36. The average molecular weight is 539 g/mol. The van der Waals surface area contributed by atoms with Crippen molar-refractivity contribution in [1.29, 1.82) is 0 Å². The van der Waals surface area contributed by atoms with Crippen molar-refractivity contribution in [2.75, 3.05) is 0 Å². The number of benzene rings is 5. The van der Waals surface area contributed by atoms with Gasteiger partial charge in [-0.15, -0.1) is 0 Å². The minimum absolute atomic E-state index is 0.0694. The van der Waals surface area contributed by atoms with Crippen LogP contribution >= 0.6 is 23.2 Å². The Morgan fingerprint density at radius 2 is 1.29 bits per heavy atom. The van der Waals surface area contributed by atoms with Crippen LogP contribution in [0, 0.1) is 0 Å². The van der Waals surface area contributed by atoms with Gasteiger partial charge in [-0.25, -0.2) is 0 Å². The summed E-state index contributed by atoms with van der Waals surface area (Å²) in [7, 11) is 0. The molecule has 0 bridgehead atoms. The first-order valence-electron chi connectivity index (χ1n) is 12.3. The number of rotatable bonds is 3. The molecule has 0 saturated heterocycles. The van der Waals surface area contributed by atoms with Crippen LogP contribution < -0.4 is 0 Å². The molecule has 0 atom stereocenters. The van der Waals surface area contributed by atoms with E-state index in [1.165, 1.54) is 0 Å². The molecule has 4 nitrogen and oxygen atoms in total. The minimum atomic E-state index is -0.216. The Morgan fingerprint density at radius 1 is 0.711 bits per heavy atom. The van der Waals surface area contributed by atoms with Crippen molar-refractivity contribution < 1.29 is 9.63 Å². The number of phenolic OH excluding ortho intramolecular Hbond substituents is 1. The number of phenols is 1. The molecule has 0 spiro atoms. The van der Waals surface area contributed by atoms with E-state index < -0.39 is 0 Å². The van der Waals surface area contributed by atoms with Gasteiger partial charge in [0.05, 0.1) is 21.2 Å². The Labute approximate surface area is 230 Å². The summed E-state index contributed by atoms with van der Waals surface area (Å²) in [6, 6.07) is 27.8. The summed E-state index contributed by atoms with van der Waals surface area (Å²) >= 11 is 12.8. The lowest BCUT2D eigenvalue weighted by molar-refractivity contribution is 0.425.